The fourth-order valence-corrected chi connectivity index (χ4v) is 1.75. The lowest BCUT2D eigenvalue weighted by Crippen LogP contribution is -2.14. The van der Waals surface area contributed by atoms with Crippen LogP contribution in [-0.4, -0.2) is 11.8 Å². The molecule has 0 aliphatic carbocycles. The standard InChI is InChI=1S/C15H15N3O2/c1-10(19)17-12-6-4-5-11(9-12)15(20)18-14-8-3-2-7-13(14)16/h2-9H,16H2,1H3,(H,17,19)(H,18,20). The second-order valence-corrected chi connectivity index (χ2v) is 4.30. The van der Waals surface area contributed by atoms with Crippen LogP contribution in [0.3, 0.4) is 0 Å². The van der Waals surface area contributed by atoms with Gasteiger partial charge in [0, 0.05) is 18.2 Å². The van der Waals surface area contributed by atoms with Crippen molar-refractivity contribution in [2.45, 2.75) is 6.92 Å². The van der Waals surface area contributed by atoms with Crippen LogP contribution in [0.2, 0.25) is 0 Å². The van der Waals surface area contributed by atoms with Crippen LogP contribution in [0.1, 0.15) is 17.3 Å². The first-order chi connectivity index (χ1) is 9.56. The summed E-state index contributed by atoms with van der Waals surface area (Å²) in [7, 11) is 0. The third kappa shape index (κ3) is 3.35. The Bertz CT molecular complexity index is 653. The highest BCUT2D eigenvalue weighted by molar-refractivity contribution is 6.06. The SMILES string of the molecule is CC(=O)Nc1cccc(C(=O)Nc2ccccc2N)c1. The van der Waals surface area contributed by atoms with E-state index in [2.05, 4.69) is 10.6 Å². The van der Waals surface area contributed by atoms with Gasteiger partial charge >= 0.3 is 0 Å². The fourth-order valence-electron chi connectivity index (χ4n) is 1.75. The van der Waals surface area contributed by atoms with Gasteiger partial charge in [0.1, 0.15) is 0 Å². The topological polar surface area (TPSA) is 84.2 Å². The molecule has 2 rings (SSSR count). The van der Waals surface area contributed by atoms with Crippen LogP contribution in [0.15, 0.2) is 48.5 Å². The molecule has 20 heavy (non-hydrogen) atoms. The number of carbonyl (C=O) groups excluding carboxylic acids is 2. The molecule has 0 spiro atoms. The molecule has 0 saturated carbocycles. The van der Waals surface area contributed by atoms with E-state index in [4.69, 9.17) is 5.73 Å². The molecule has 2 aromatic carbocycles. The third-order valence-electron chi connectivity index (χ3n) is 2.65. The van der Waals surface area contributed by atoms with E-state index < -0.39 is 0 Å². The average molecular weight is 269 g/mol. The summed E-state index contributed by atoms with van der Waals surface area (Å²) in [5, 5.41) is 5.36. The minimum Gasteiger partial charge on any atom is -0.397 e. The van der Waals surface area contributed by atoms with Gasteiger partial charge in [0.25, 0.3) is 5.91 Å². The van der Waals surface area contributed by atoms with Gasteiger partial charge in [0.2, 0.25) is 5.91 Å². The number of hydrogen-bond donors (Lipinski definition) is 3. The summed E-state index contributed by atoms with van der Waals surface area (Å²) in [5.74, 6) is -0.468. The first-order valence-electron chi connectivity index (χ1n) is 6.10. The van der Waals surface area contributed by atoms with Gasteiger partial charge in [-0.05, 0) is 30.3 Å². The van der Waals surface area contributed by atoms with Gasteiger partial charge in [-0.2, -0.15) is 0 Å². The predicted molar refractivity (Wildman–Crippen MR) is 79.6 cm³/mol. The van der Waals surface area contributed by atoms with Crippen molar-refractivity contribution in [3.8, 4) is 0 Å². The number of nitrogens with two attached hydrogens (primary N) is 1. The summed E-state index contributed by atoms with van der Waals surface area (Å²) in [6.45, 7) is 1.41. The number of anilines is 3. The molecule has 0 fully saturated rings. The van der Waals surface area contributed by atoms with Crippen molar-refractivity contribution >= 4 is 28.9 Å². The normalized spacial score (nSPS) is 9.85. The highest BCUT2D eigenvalue weighted by Crippen LogP contribution is 2.18. The van der Waals surface area contributed by atoms with Crippen molar-refractivity contribution in [3.05, 3.63) is 54.1 Å². The lowest BCUT2D eigenvalue weighted by atomic mass is 10.1. The number of nitrogens with one attached hydrogen (secondary N) is 2. The number of rotatable bonds is 3. The molecule has 5 nitrogen and oxygen atoms in total. The van der Waals surface area contributed by atoms with Crippen molar-refractivity contribution < 1.29 is 9.59 Å². The zero-order valence-electron chi connectivity index (χ0n) is 11.0. The van der Waals surface area contributed by atoms with Crippen molar-refractivity contribution in [2.24, 2.45) is 0 Å². The van der Waals surface area contributed by atoms with E-state index in [0.717, 1.165) is 0 Å². The lowest BCUT2D eigenvalue weighted by Gasteiger charge is -2.09. The highest BCUT2D eigenvalue weighted by atomic mass is 16.2. The van der Waals surface area contributed by atoms with Crippen LogP contribution in [0.5, 0.6) is 0 Å². The Hall–Kier alpha value is -2.82. The highest BCUT2D eigenvalue weighted by Gasteiger charge is 2.08. The Morgan fingerprint density at radius 2 is 1.75 bits per heavy atom. The van der Waals surface area contributed by atoms with Crippen LogP contribution in [0.4, 0.5) is 17.1 Å². The number of para-hydroxylation sites is 2. The summed E-state index contributed by atoms with van der Waals surface area (Å²) < 4.78 is 0. The van der Waals surface area contributed by atoms with Crippen LogP contribution in [-0.2, 0) is 4.79 Å². The maximum Gasteiger partial charge on any atom is 0.255 e. The van der Waals surface area contributed by atoms with Crippen molar-refractivity contribution in [1.29, 1.82) is 0 Å². The number of hydrogen-bond acceptors (Lipinski definition) is 3. The molecule has 0 heterocycles. The fraction of sp³-hybridized carbons (Fsp3) is 0.0667. The van der Waals surface area contributed by atoms with Gasteiger partial charge < -0.3 is 16.4 Å². The molecule has 102 valence electrons. The van der Waals surface area contributed by atoms with E-state index >= 15 is 0 Å². The van der Waals surface area contributed by atoms with E-state index in [0.29, 0.717) is 22.6 Å². The van der Waals surface area contributed by atoms with Crippen LogP contribution in [0.25, 0.3) is 0 Å². The maximum absolute atomic E-state index is 12.1. The minimum absolute atomic E-state index is 0.185. The molecule has 2 aromatic rings. The molecule has 5 heteroatoms. The Morgan fingerprint density at radius 1 is 1.00 bits per heavy atom. The van der Waals surface area contributed by atoms with Gasteiger partial charge in [-0.3, -0.25) is 9.59 Å². The Morgan fingerprint density at radius 3 is 2.45 bits per heavy atom. The van der Waals surface area contributed by atoms with Gasteiger partial charge in [0.05, 0.1) is 11.4 Å². The molecule has 0 saturated heterocycles. The van der Waals surface area contributed by atoms with E-state index in [9.17, 15) is 9.59 Å². The van der Waals surface area contributed by atoms with Gasteiger partial charge in [-0.1, -0.05) is 18.2 Å². The molecular weight excluding hydrogens is 254 g/mol. The largest absolute Gasteiger partial charge is 0.397 e. The second kappa shape index (κ2) is 5.88. The Kier molecular flexibility index (Phi) is 4.00. The summed E-state index contributed by atoms with van der Waals surface area (Å²) >= 11 is 0. The third-order valence-corrected chi connectivity index (χ3v) is 2.65. The molecular formula is C15H15N3O2. The molecule has 2 amide bonds. The van der Waals surface area contributed by atoms with Crippen LogP contribution >= 0.6 is 0 Å². The molecule has 0 aliphatic rings. The van der Waals surface area contributed by atoms with E-state index in [1.807, 2.05) is 0 Å². The second-order valence-electron chi connectivity index (χ2n) is 4.30. The number of carbonyl (C=O) groups is 2. The van der Waals surface area contributed by atoms with Crippen molar-refractivity contribution in [1.82, 2.24) is 0 Å². The molecule has 0 bridgehead atoms. The minimum atomic E-state index is -0.282. The van der Waals surface area contributed by atoms with Crippen molar-refractivity contribution in [3.63, 3.8) is 0 Å². The summed E-state index contributed by atoms with van der Waals surface area (Å²) in [6.07, 6.45) is 0. The molecule has 0 unspecified atom stereocenters. The first kappa shape index (κ1) is 13.6. The average Bonchev–Trinajstić information content (AvgIpc) is 2.41. The Labute approximate surface area is 116 Å². The summed E-state index contributed by atoms with van der Waals surface area (Å²) in [5.41, 5.74) is 7.85. The maximum atomic E-state index is 12.1. The summed E-state index contributed by atoms with van der Waals surface area (Å²) in [4.78, 5) is 23.1. The molecule has 0 radical (unpaired) electrons. The number of amides is 2. The first-order valence-corrected chi connectivity index (χ1v) is 6.10. The number of nitrogen functional groups attached to an aromatic ring is 1. The van der Waals surface area contributed by atoms with Crippen LogP contribution in [0, 0.1) is 0 Å². The van der Waals surface area contributed by atoms with Crippen LogP contribution < -0.4 is 16.4 Å². The lowest BCUT2D eigenvalue weighted by molar-refractivity contribution is -0.114. The van der Waals surface area contributed by atoms with Crippen molar-refractivity contribution in [2.75, 3.05) is 16.4 Å². The molecule has 0 aromatic heterocycles. The zero-order chi connectivity index (χ0) is 14.5. The quantitative estimate of drug-likeness (QED) is 0.748. The van der Waals surface area contributed by atoms with Gasteiger partial charge in [-0.25, -0.2) is 0 Å². The predicted octanol–water partition coefficient (Wildman–Crippen LogP) is 2.48. The molecule has 0 aliphatic heterocycles. The smallest absolute Gasteiger partial charge is 0.255 e. The summed E-state index contributed by atoms with van der Waals surface area (Å²) in [6, 6.07) is 13.7. The van der Waals surface area contributed by atoms with E-state index in [-0.39, 0.29) is 11.8 Å². The van der Waals surface area contributed by atoms with Gasteiger partial charge in [-0.15, -0.1) is 0 Å². The van der Waals surface area contributed by atoms with Gasteiger partial charge in [0.15, 0.2) is 0 Å². The van der Waals surface area contributed by atoms with E-state index in [1.54, 1.807) is 48.5 Å². The Balaban J connectivity index is 2.17. The molecule has 0 atom stereocenters. The zero-order valence-corrected chi connectivity index (χ0v) is 11.0. The molecule has 4 N–H and O–H groups in total. The number of benzene rings is 2. The monoisotopic (exact) mass is 269 g/mol. The van der Waals surface area contributed by atoms with E-state index in [1.165, 1.54) is 6.92 Å².